The Labute approximate surface area is 138 Å². The minimum Gasteiger partial charge on any atom is -0.464 e. The van der Waals surface area contributed by atoms with Gasteiger partial charge < -0.3 is 4.74 Å². The number of methoxy groups -OCH3 is 1. The Kier molecular flexibility index (Phi) is 3.98. The number of ether oxygens (including phenoxy) is 1. The second-order valence-electron chi connectivity index (χ2n) is 5.21. The van der Waals surface area contributed by atoms with E-state index in [0.29, 0.717) is 10.9 Å². The number of benzene rings is 2. The lowest BCUT2D eigenvalue weighted by molar-refractivity contribution is 0.0596. The first kappa shape index (κ1) is 16.0. The van der Waals surface area contributed by atoms with Crippen LogP contribution in [0.3, 0.4) is 0 Å². The molecule has 3 rings (SSSR count). The Hall–Kier alpha value is -2.87. The van der Waals surface area contributed by atoms with Crippen LogP contribution in [0.2, 0.25) is 0 Å². The van der Waals surface area contributed by atoms with Gasteiger partial charge in [-0.05, 0) is 31.2 Å². The zero-order chi connectivity index (χ0) is 17.3. The maximum atomic E-state index is 12.6. The molecule has 0 atom stereocenters. The third-order valence-electron chi connectivity index (χ3n) is 3.54. The van der Waals surface area contributed by atoms with Gasteiger partial charge in [-0.2, -0.15) is 5.10 Å². The lowest BCUT2D eigenvalue weighted by Crippen LogP contribution is -2.13. The van der Waals surface area contributed by atoms with E-state index in [9.17, 15) is 13.2 Å². The summed E-state index contributed by atoms with van der Waals surface area (Å²) >= 11 is 0. The number of nitrogens with zero attached hydrogens (tertiary/aromatic N) is 1. The number of carbonyl (C=O) groups is 1. The molecular formula is C16H15N3O4S. The van der Waals surface area contributed by atoms with Crippen molar-refractivity contribution in [2.75, 3.05) is 11.8 Å². The highest BCUT2D eigenvalue weighted by Crippen LogP contribution is 2.28. The van der Waals surface area contributed by atoms with E-state index in [4.69, 9.17) is 0 Å². The molecule has 7 nitrogen and oxygen atoms in total. The van der Waals surface area contributed by atoms with E-state index in [-0.39, 0.29) is 16.3 Å². The zero-order valence-electron chi connectivity index (χ0n) is 13.0. The summed E-state index contributed by atoms with van der Waals surface area (Å²) < 4.78 is 32.3. The largest absolute Gasteiger partial charge is 0.464 e. The highest BCUT2D eigenvalue weighted by molar-refractivity contribution is 7.92. The van der Waals surface area contributed by atoms with Gasteiger partial charge in [0.1, 0.15) is 0 Å². The first-order valence-corrected chi connectivity index (χ1v) is 8.55. The summed E-state index contributed by atoms with van der Waals surface area (Å²) in [5.74, 6) is -0.650. The molecule has 0 amide bonds. The summed E-state index contributed by atoms with van der Waals surface area (Å²) in [6, 6.07) is 11.4. The SMILES string of the molecule is COC(=O)c1n[nH]c2cccc(NS(=O)(=O)c3ccc(C)cc3)c12. The van der Waals surface area contributed by atoms with E-state index >= 15 is 0 Å². The predicted molar refractivity (Wildman–Crippen MR) is 89.4 cm³/mol. The van der Waals surface area contributed by atoms with Gasteiger partial charge in [-0.15, -0.1) is 0 Å². The van der Waals surface area contributed by atoms with E-state index in [2.05, 4.69) is 19.7 Å². The van der Waals surface area contributed by atoms with Crippen LogP contribution < -0.4 is 4.72 Å². The van der Waals surface area contributed by atoms with E-state index in [1.807, 2.05) is 6.92 Å². The summed E-state index contributed by atoms with van der Waals surface area (Å²) in [6.45, 7) is 1.87. The van der Waals surface area contributed by atoms with Crippen molar-refractivity contribution >= 4 is 32.6 Å². The summed E-state index contributed by atoms with van der Waals surface area (Å²) in [7, 11) is -2.55. The second-order valence-corrected chi connectivity index (χ2v) is 6.89. The fourth-order valence-electron chi connectivity index (χ4n) is 2.32. The van der Waals surface area contributed by atoms with Gasteiger partial charge in [0.25, 0.3) is 10.0 Å². The number of hydrogen-bond donors (Lipinski definition) is 2. The number of sulfonamides is 1. The summed E-state index contributed by atoms with van der Waals surface area (Å²) in [6.07, 6.45) is 0. The Balaban J connectivity index is 2.08. The molecule has 1 aromatic heterocycles. The van der Waals surface area contributed by atoms with Gasteiger partial charge in [0.2, 0.25) is 0 Å². The highest BCUT2D eigenvalue weighted by Gasteiger charge is 2.21. The van der Waals surface area contributed by atoms with E-state index in [1.165, 1.54) is 19.2 Å². The third-order valence-corrected chi connectivity index (χ3v) is 4.93. The molecule has 0 radical (unpaired) electrons. The average Bonchev–Trinajstić information content (AvgIpc) is 2.99. The fraction of sp³-hybridized carbons (Fsp3) is 0.125. The molecule has 24 heavy (non-hydrogen) atoms. The Morgan fingerprint density at radius 1 is 1.17 bits per heavy atom. The van der Waals surface area contributed by atoms with Gasteiger partial charge in [-0.3, -0.25) is 9.82 Å². The highest BCUT2D eigenvalue weighted by atomic mass is 32.2. The number of hydrogen-bond acceptors (Lipinski definition) is 5. The van der Waals surface area contributed by atoms with Gasteiger partial charge in [0, 0.05) is 0 Å². The normalized spacial score (nSPS) is 11.4. The van der Waals surface area contributed by atoms with Crippen LogP contribution in [0.4, 0.5) is 5.69 Å². The smallest absolute Gasteiger partial charge is 0.359 e. The molecule has 3 aromatic rings. The maximum absolute atomic E-state index is 12.6. The lowest BCUT2D eigenvalue weighted by atomic mass is 10.2. The van der Waals surface area contributed by atoms with Crippen LogP contribution in [0.1, 0.15) is 16.1 Å². The summed E-state index contributed by atoms with van der Waals surface area (Å²) in [5.41, 5.74) is 1.76. The molecule has 2 N–H and O–H groups in total. The molecule has 0 bridgehead atoms. The van der Waals surface area contributed by atoms with Crippen molar-refractivity contribution in [3.63, 3.8) is 0 Å². The first-order valence-electron chi connectivity index (χ1n) is 7.07. The van der Waals surface area contributed by atoms with E-state index in [1.54, 1.807) is 30.3 Å². The maximum Gasteiger partial charge on any atom is 0.359 e. The van der Waals surface area contributed by atoms with Crippen molar-refractivity contribution in [2.24, 2.45) is 0 Å². The third kappa shape index (κ3) is 2.83. The van der Waals surface area contributed by atoms with E-state index in [0.717, 1.165) is 5.56 Å². The Bertz CT molecular complexity index is 1010. The van der Waals surface area contributed by atoms with Crippen molar-refractivity contribution in [2.45, 2.75) is 11.8 Å². The summed E-state index contributed by atoms with van der Waals surface area (Å²) in [4.78, 5) is 12.0. The van der Waals surface area contributed by atoms with Crippen molar-refractivity contribution in [1.82, 2.24) is 10.2 Å². The number of anilines is 1. The number of H-pyrrole nitrogens is 1. The summed E-state index contributed by atoms with van der Waals surface area (Å²) in [5, 5.41) is 6.96. The molecule has 0 aliphatic heterocycles. The standard InChI is InChI=1S/C16H15N3O4S/c1-10-6-8-11(9-7-10)24(21,22)19-13-5-3-4-12-14(13)15(18-17-12)16(20)23-2/h3-9,19H,1-2H3,(H,17,18). The number of aromatic nitrogens is 2. The molecule has 0 saturated carbocycles. The van der Waals surface area contributed by atoms with Crippen molar-refractivity contribution in [3.8, 4) is 0 Å². The van der Waals surface area contributed by atoms with Gasteiger partial charge in [0.15, 0.2) is 5.69 Å². The molecule has 0 aliphatic carbocycles. The minimum absolute atomic E-state index is 0.0229. The van der Waals surface area contributed by atoms with Crippen LogP contribution >= 0.6 is 0 Å². The lowest BCUT2D eigenvalue weighted by Gasteiger charge is -2.10. The number of carbonyl (C=O) groups excluding carboxylic acids is 1. The van der Waals surface area contributed by atoms with Crippen LogP contribution in [0.15, 0.2) is 47.4 Å². The number of nitrogens with one attached hydrogen (secondary N) is 2. The zero-order valence-corrected chi connectivity index (χ0v) is 13.8. The Morgan fingerprint density at radius 3 is 2.54 bits per heavy atom. The molecule has 2 aromatic carbocycles. The van der Waals surface area contributed by atoms with Gasteiger partial charge >= 0.3 is 5.97 Å². The van der Waals surface area contributed by atoms with Crippen LogP contribution in [0.5, 0.6) is 0 Å². The monoisotopic (exact) mass is 345 g/mol. The predicted octanol–water partition coefficient (Wildman–Crippen LogP) is 2.46. The number of aromatic amines is 1. The minimum atomic E-state index is -3.79. The molecule has 0 spiro atoms. The molecule has 1 heterocycles. The quantitative estimate of drug-likeness (QED) is 0.707. The van der Waals surface area contributed by atoms with Crippen LogP contribution in [-0.2, 0) is 14.8 Å². The second kappa shape index (κ2) is 5.97. The van der Waals surface area contributed by atoms with Crippen molar-refractivity contribution in [1.29, 1.82) is 0 Å². The van der Waals surface area contributed by atoms with Crippen LogP contribution in [0, 0.1) is 6.92 Å². The van der Waals surface area contributed by atoms with Gasteiger partial charge in [-0.25, -0.2) is 13.2 Å². The van der Waals surface area contributed by atoms with Gasteiger partial charge in [0.05, 0.1) is 28.6 Å². The number of rotatable bonds is 4. The molecule has 124 valence electrons. The fourth-order valence-corrected chi connectivity index (χ4v) is 3.40. The van der Waals surface area contributed by atoms with Crippen LogP contribution in [0.25, 0.3) is 10.9 Å². The molecule has 0 saturated heterocycles. The average molecular weight is 345 g/mol. The Morgan fingerprint density at radius 2 is 1.88 bits per heavy atom. The molecule has 0 unspecified atom stereocenters. The van der Waals surface area contributed by atoms with Crippen molar-refractivity contribution < 1.29 is 17.9 Å². The van der Waals surface area contributed by atoms with E-state index < -0.39 is 16.0 Å². The molecule has 8 heteroatoms. The number of aryl methyl sites for hydroxylation is 1. The molecule has 0 aliphatic rings. The first-order chi connectivity index (χ1) is 11.4. The molecular weight excluding hydrogens is 330 g/mol. The molecule has 0 fully saturated rings. The van der Waals surface area contributed by atoms with Crippen LogP contribution in [-0.4, -0.2) is 31.7 Å². The topological polar surface area (TPSA) is 101 Å². The van der Waals surface area contributed by atoms with Crippen molar-refractivity contribution in [3.05, 3.63) is 53.7 Å². The van der Waals surface area contributed by atoms with Gasteiger partial charge in [-0.1, -0.05) is 23.8 Å². The number of esters is 1. The number of fused-ring (bicyclic) bond motifs is 1.